The number of nitrogens with zero attached hydrogens (tertiary/aromatic N) is 1. The van der Waals surface area contributed by atoms with Crippen molar-refractivity contribution < 1.29 is 0 Å². The molecule has 2 aliphatic heterocycles. The van der Waals surface area contributed by atoms with E-state index in [0.29, 0.717) is 0 Å². The van der Waals surface area contributed by atoms with Gasteiger partial charge >= 0.3 is 0 Å². The standard InChI is InChI=1S/C17H34N2/c1-13(2)11-15(12-14(3)4)18-16-8-10-19-9-6-5-7-17(16)19/h13-18H,5-12H2,1-4H3. The Labute approximate surface area is 120 Å². The van der Waals surface area contributed by atoms with Gasteiger partial charge in [-0.25, -0.2) is 0 Å². The highest BCUT2D eigenvalue weighted by molar-refractivity contribution is 4.95. The van der Waals surface area contributed by atoms with Crippen LogP contribution in [-0.2, 0) is 0 Å². The lowest BCUT2D eigenvalue weighted by atomic mass is 9.92. The Kier molecular flexibility index (Phi) is 5.70. The maximum Gasteiger partial charge on any atom is 0.0249 e. The Morgan fingerprint density at radius 2 is 1.63 bits per heavy atom. The average Bonchev–Trinajstić information content (AvgIpc) is 2.71. The first-order valence-electron chi connectivity index (χ1n) is 8.56. The van der Waals surface area contributed by atoms with E-state index in [0.717, 1.165) is 30.0 Å². The molecule has 0 bridgehead atoms. The molecule has 2 rings (SSSR count). The van der Waals surface area contributed by atoms with E-state index < -0.39 is 0 Å². The van der Waals surface area contributed by atoms with Crippen LogP contribution in [-0.4, -0.2) is 36.1 Å². The molecule has 2 heterocycles. The number of piperidine rings is 1. The van der Waals surface area contributed by atoms with Crippen LogP contribution in [0.4, 0.5) is 0 Å². The normalized spacial score (nSPS) is 28.6. The first-order chi connectivity index (χ1) is 9.06. The number of nitrogens with one attached hydrogen (secondary N) is 1. The smallest absolute Gasteiger partial charge is 0.0249 e. The maximum atomic E-state index is 4.04. The molecule has 19 heavy (non-hydrogen) atoms. The monoisotopic (exact) mass is 266 g/mol. The number of fused-ring (bicyclic) bond motifs is 1. The summed E-state index contributed by atoms with van der Waals surface area (Å²) in [6.45, 7) is 12.1. The fraction of sp³-hybridized carbons (Fsp3) is 1.00. The molecule has 0 aliphatic carbocycles. The van der Waals surface area contributed by atoms with E-state index in [1.165, 1.54) is 51.6 Å². The summed E-state index contributed by atoms with van der Waals surface area (Å²) in [7, 11) is 0. The van der Waals surface area contributed by atoms with Gasteiger partial charge < -0.3 is 5.32 Å². The molecule has 0 amide bonds. The van der Waals surface area contributed by atoms with Crippen LogP contribution in [0.3, 0.4) is 0 Å². The second-order valence-corrected chi connectivity index (χ2v) is 7.62. The Morgan fingerprint density at radius 3 is 2.26 bits per heavy atom. The lowest BCUT2D eigenvalue weighted by Crippen LogP contribution is -2.48. The predicted octanol–water partition coefficient (Wildman–Crippen LogP) is 3.66. The Hall–Kier alpha value is -0.0800. The fourth-order valence-corrected chi connectivity index (χ4v) is 4.11. The summed E-state index contributed by atoms with van der Waals surface area (Å²) >= 11 is 0. The number of hydrogen-bond donors (Lipinski definition) is 1. The minimum atomic E-state index is 0.729. The first kappa shape index (κ1) is 15.3. The second kappa shape index (κ2) is 7.08. The van der Waals surface area contributed by atoms with Crippen molar-refractivity contribution in [3.63, 3.8) is 0 Å². The zero-order valence-corrected chi connectivity index (χ0v) is 13.5. The molecular weight excluding hydrogens is 232 g/mol. The van der Waals surface area contributed by atoms with Gasteiger partial charge in [0.2, 0.25) is 0 Å². The third kappa shape index (κ3) is 4.46. The van der Waals surface area contributed by atoms with Crippen molar-refractivity contribution >= 4 is 0 Å². The Bertz CT molecular complexity index is 252. The van der Waals surface area contributed by atoms with Crippen molar-refractivity contribution in [1.29, 1.82) is 0 Å². The van der Waals surface area contributed by atoms with Crippen LogP contribution in [0.2, 0.25) is 0 Å². The van der Waals surface area contributed by atoms with E-state index in [9.17, 15) is 0 Å². The fourth-order valence-electron chi connectivity index (χ4n) is 4.11. The van der Waals surface area contributed by atoms with Gasteiger partial charge in [0, 0.05) is 24.7 Å². The first-order valence-corrected chi connectivity index (χ1v) is 8.56. The van der Waals surface area contributed by atoms with E-state index in [2.05, 4.69) is 37.9 Å². The van der Waals surface area contributed by atoms with E-state index in [4.69, 9.17) is 0 Å². The highest BCUT2D eigenvalue weighted by Crippen LogP contribution is 2.28. The zero-order chi connectivity index (χ0) is 13.8. The van der Waals surface area contributed by atoms with Crippen molar-refractivity contribution in [2.24, 2.45) is 11.8 Å². The molecule has 2 saturated heterocycles. The van der Waals surface area contributed by atoms with Crippen molar-refractivity contribution in [1.82, 2.24) is 10.2 Å². The molecule has 0 aromatic carbocycles. The van der Waals surface area contributed by atoms with Crippen molar-refractivity contribution in [2.75, 3.05) is 13.1 Å². The number of rotatable bonds is 6. The summed E-state index contributed by atoms with van der Waals surface area (Å²) in [5, 5.41) is 4.04. The molecule has 0 aromatic rings. The van der Waals surface area contributed by atoms with E-state index in [1.807, 2.05) is 0 Å². The summed E-state index contributed by atoms with van der Waals surface area (Å²) in [5.74, 6) is 1.61. The van der Waals surface area contributed by atoms with Gasteiger partial charge in [-0.15, -0.1) is 0 Å². The molecule has 0 spiro atoms. The van der Waals surface area contributed by atoms with Crippen LogP contribution >= 0.6 is 0 Å². The third-order valence-electron chi connectivity index (χ3n) is 4.82. The third-order valence-corrected chi connectivity index (χ3v) is 4.82. The molecule has 0 radical (unpaired) electrons. The van der Waals surface area contributed by atoms with E-state index in [1.54, 1.807) is 0 Å². The van der Waals surface area contributed by atoms with Gasteiger partial charge in [-0.3, -0.25) is 4.90 Å². The summed E-state index contributed by atoms with van der Waals surface area (Å²) in [6, 6.07) is 2.34. The molecule has 2 nitrogen and oxygen atoms in total. The molecule has 2 atom stereocenters. The minimum Gasteiger partial charge on any atom is -0.310 e. The van der Waals surface area contributed by atoms with Gasteiger partial charge in [0.25, 0.3) is 0 Å². The summed E-state index contributed by atoms with van der Waals surface area (Å²) in [4.78, 5) is 2.74. The van der Waals surface area contributed by atoms with Gasteiger partial charge in [0.15, 0.2) is 0 Å². The molecule has 0 saturated carbocycles. The van der Waals surface area contributed by atoms with Crippen LogP contribution in [0, 0.1) is 11.8 Å². The van der Waals surface area contributed by atoms with Gasteiger partial charge in [-0.1, -0.05) is 34.1 Å². The van der Waals surface area contributed by atoms with Crippen LogP contribution in [0.5, 0.6) is 0 Å². The molecule has 2 fully saturated rings. The van der Waals surface area contributed by atoms with Gasteiger partial charge in [-0.2, -0.15) is 0 Å². The quantitative estimate of drug-likeness (QED) is 0.789. The molecule has 2 heteroatoms. The summed E-state index contributed by atoms with van der Waals surface area (Å²) in [6.07, 6.45) is 8.33. The Morgan fingerprint density at radius 1 is 0.947 bits per heavy atom. The van der Waals surface area contributed by atoms with Crippen LogP contribution < -0.4 is 5.32 Å². The van der Waals surface area contributed by atoms with Crippen molar-refractivity contribution in [2.45, 2.75) is 84.3 Å². The van der Waals surface area contributed by atoms with Crippen LogP contribution in [0.25, 0.3) is 0 Å². The zero-order valence-electron chi connectivity index (χ0n) is 13.5. The number of hydrogen-bond acceptors (Lipinski definition) is 2. The molecule has 2 aliphatic rings. The molecule has 0 aromatic heterocycles. The lowest BCUT2D eigenvalue weighted by molar-refractivity contribution is 0.172. The average molecular weight is 266 g/mol. The van der Waals surface area contributed by atoms with Crippen molar-refractivity contribution in [3.05, 3.63) is 0 Å². The van der Waals surface area contributed by atoms with Gasteiger partial charge in [0.05, 0.1) is 0 Å². The summed E-state index contributed by atoms with van der Waals surface area (Å²) in [5.41, 5.74) is 0. The second-order valence-electron chi connectivity index (χ2n) is 7.62. The molecular formula is C17H34N2. The van der Waals surface area contributed by atoms with E-state index in [-0.39, 0.29) is 0 Å². The van der Waals surface area contributed by atoms with Crippen LogP contribution in [0.1, 0.15) is 66.2 Å². The Balaban J connectivity index is 1.88. The van der Waals surface area contributed by atoms with Crippen LogP contribution in [0.15, 0.2) is 0 Å². The molecule has 2 unspecified atom stereocenters. The minimum absolute atomic E-state index is 0.729. The SMILES string of the molecule is CC(C)CC(CC(C)C)NC1CCN2CCCCC12. The van der Waals surface area contributed by atoms with Gasteiger partial charge in [-0.05, 0) is 50.5 Å². The highest BCUT2D eigenvalue weighted by Gasteiger charge is 2.36. The van der Waals surface area contributed by atoms with Gasteiger partial charge in [0.1, 0.15) is 0 Å². The lowest BCUT2D eigenvalue weighted by Gasteiger charge is -2.35. The molecule has 112 valence electrons. The highest BCUT2D eigenvalue weighted by atomic mass is 15.2. The van der Waals surface area contributed by atoms with Crippen molar-refractivity contribution in [3.8, 4) is 0 Å². The largest absolute Gasteiger partial charge is 0.310 e. The topological polar surface area (TPSA) is 15.3 Å². The summed E-state index contributed by atoms with van der Waals surface area (Å²) < 4.78 is 0. The predicted molar refractivity (Wildman–Crippen MR) is 83.5 cm³/mol. The van der Waals surface area contributed by atoms with E-state index >= 15 is 0 Å². The molecule has 1 N–H and O–H groups in total. The maximum absolute atomic E-state index is 4.04.